The highest BCUT2D eigenvalue weighted by molar-refractivity contribution is 8.77. The number of carbonyl (C=O) groups is 3. The molecule has 0 spiro atoms. The Bertz CT molecular complexity index is 398. The van der Waals surface area contributed by atoms with Gasteiger partial charge in [-0.3, -0.25) is 14.9 Å². The van der Waals surface area contributed by atoms with Crippen LogP contribution in [0.25, 0.3) is 0 Å². The minimum atomic E-state index is -0.984. The number of imide groups is 1. The number of urea groups is 1. The van der Waals surface area contributed by atoms with Crippen LogP contribution in [0.3, 0.4) is 0 Å². The van der Waals surface area contributed by atoms with Crippen molar-refractivity contribution in [2.75, 3.05) is 5.75 Å². The molecule has 1 aliphatic heterocycles. The third-order valence-electron chi connectivity index (χ3n) is 3.25. The molecule has 126 valence electrons. The lowest BCUT2D eigenvalue weighted by molar-refractivity contribution is -0.158. The quantitative estimate of drug-likeness (QED) is 0.397. The highest BCUT2D eigenvalue weighted by Crippen LogP contribution is 2.39. The van der Waals surface area contributed by atoms with Crippen LogP contribution < -0.4 is 11.1 Å². The smallest absolute Gasteiger partial charge is 0.318 e. The number of rotatable bonds is 8. The number of hydrogen-bond acceptors (Lipinski definition) is 6. The summed E-state index contributed by atoms with van der Waals surface area (Å²) in [5.74, 6) is -0.0974. The fourth-order valence-corrected chi connectivity index (χ4v) is 5.12. The Labute approximate surface area is 139 Å². The highest BCUT2D eigenvalue weighted by atomic mass is 33.1. The standard InChI is InChI=1S/C14H24N2O4S2/c1-9(2)12(13(18)16-14(15)19)20-11(17)6-4-3-5-10-7-8-21-22-10/h9-10,12H,3-8H2,1-2H3,(H3,15,16,18,19)/t10-,12+/m0/s1. The maximum absolute atomic E-state index is 11.8. The zero-order chi connectivity index (χ0) is 16.5. The van der Waals surface area contributed by atoms with E-state index >= 15 is 0 Å². The molecule has 0 aromatic carbocycles. The number of amides is 3. The van der Waals surface area contributed by atoms with Crippen LogP contribution in [0.2, 0.25) is 0 Å². The summed E-state index contributed by atoms with van der Waals surface area (Å²) in [4.78, 5) is 34.3. The van der Waals surface area contributed by atoms with Crippen LogP contribution in [0, 0.1) is 5.92 Å². The predicted molar refractivity (Wildman–Crippen MR) is 89.4 cm³/mol. The lowest BCUT2D eigenvalue weighted by atomic mass is 10.1. The second kappa shape index (κ2) is 9.99. The third-order valence-corrected chi connectivity index (χ3v) is 6.26. The first kappa shape index (κ1) is 19.2. The summed E-state index contributed by atoms with van der Waals surface area (Å²) in [6.07, 6.45) is 3.39. The molecule has 1 heterocycles. The summed E-state index contributed by atoms with van der Waals surface area (Å²) < 4.78 is 5.18. The molecule has 1 rings (SSSR count). The van der Waals surface area contributed by atoms with Gasteiger partial charge in [0, 0.05) is 17.4 Å². The van der Waals surface area contributed by atoms with Crippen molar-refractivity contribution in [2.24, 2.45) is 11.7 Å². The Morgan fingerprint density at radius 1 is 1.32 bits per heavy atom. The first-order valence-electron chi connectivity index (χ1n) is 7.48. The summed E-state index contributed by atoms with van der Waals surface area (Å²) in [5, 5.41) is 2.65. The molecule has 1 saturated heterocycles. The van der Waals surface area contributed by atoms with Gasteiger partial charge in [0.05, 0.1) is 0 Å². The SMILES string of the molecule is CC(C)[C@@H](OC(=O)CCCC[C@H]1CCSS1)C(=O)NC(N)=O. The Kier molecular flexibility index (Phi) is 8.70. The monoisotopic (exact) mass is 348 g/mol. The van der Waals surface area contributed by atoms with E-state index < -0.39 is 24.0 Å². The van der Waals surface area contributed by atoms with E-state index in [-0.39, 0.29) is 12.3 Å². The number of ether oxygens (including phenoxy) is 1. The molecule has 3 amide bonds. The van der Waals surface area contributed by atoms with Gasteiger partial charge in [-0.05, 0) is 25.2 Å². The summed E-state index contributed by atoms with van der Waals surface area (Å²) in [6, 6.07) is -0.946. The Hall–Kier alpha value is -0.890. The van der Waals surface area contributed by atoms with Gasteiger partial charge in [-0.25, -0.2) is 4.79 Å². The van der Waals surface area contributed by atoms with E-state index in [0.717, 1.165) is 19.3 Å². The molecule has 0 radical (unpaired) electrons. The van der Waals surface area contributed by atoms with Crippen molar-refractivity contribution in [1.29, 1.82) is 0 Å². The van der Waals surface area contributed by atoms with Gasteiger partial charge in [0.2, 0.25) is 0 Å². The molecule has 1 aliphatic rings. The molecule has 22 heavy (non-hydrogen) atoms. The fourth-order valence-electron chi connectivity index (χ4n) is 2.09. The summed E-state index contributed by atoms with van der Waals surface area (Å²) in [7, 11) is 3.84. The predicted octanol–water partition coefficient (Wildman–Crippen LogP) is 2.46. The average molecular weight is 348 g/mol. The molecule has 0 bridgehead atoms. The first-order chi connectivity index (χ1) is 10.4. The van der Waals surface area contributed by atoms with E-state index in [2.05, 4.69) is 0 Å². The number of carbonyl (C=O) groups excluding carboxylic acids is 3. The molecule has 6 nitrogen and oxygen atoms in total. The molecule has 0 aliphatic carbocycles. The number of nitrogens with two attached hydrogens (primary N) is 1. The number of hydrogen-bond donors (Lipinski definition) is 2. The molecular formula is C14H24N2O4S2. The molecule has 0 aromatic rings. The van der Waals surface area contributed by atoms with Gasteiger partial charge in [-0.2, -0.15) is 0 Å². The van der Waals surface area contributed by atoms with Crippen molar-refractivity contribution in [1.82, 2.24) is 5.32 Å². The Morgan fingerprint density at radius 3 is 2.59 bits per heavy atom. The van der Waals surface area contributed by atoms with Crippen molar-refractivity contribution in [2.45, 2.75) is 57.3 Å². The highest BCUT2D eigenvalue weighted by Gasteiger charge is 2.27. The largest absolute Gasteiger partial charge is 0.452 e. The summed E-state index contributed by atoms with van der Waals surface area (Å²) >= 11 is 0. The van der Waals surface area contributed by atoms with Crippen molar-refractivity contribution in [3.63, 3.8) is 0 Å². The van der Waals surface area contributed by atoms with E-state index in [1.54, 1.807) is 13.8 Å². The summed E-state index contributed by atoms with van der Waals surface area (Å²) in [5.41, 5.74) is 4.91. The lowest BCUT2D eigenvalue weighted by Crippen LogP contribution is -2.45. The van der Waals surface area contributed by atoms with Crippen molar-refractivity contribution in [3.8, 4) is 0 Å². The van der Waals surface area contributed by atoms with Gasteiger partial charge in [0.15, 0.2) is 6.10 Å². The maximum Gasteiger partial charge on any atom is 0.318 e. The van der Waals surface area contributed by atoms with Crippen LogP contribution in [0.5, 0.6) is 0 Å². The van der Waals surface area contributed by atoms with Crippen LogP contribution >= 0.6 is 21.6 Å². The minimum Gasteiger partial charge on any atom is -0.452 e. The van der Waals surface area contributed by atoms with Crippen LogP contribution in [0.15, 0.2) is 0 Å². The van der Waals surface area contributed by atoms with Crippen LogP contribution in [0.1, 0.15) is 46.0 Å². The van der Waals surface area contributed by atoms with Crippen molar-refractivity contribution < 1.29 is 19.1 Å². The number of unbranched alkanes of at least 4 members (excludes halogenated alkanes) is 1. The first-order valence-corrected chi connectivity index (χ1v) is 9.86. The van der Waals surface area contributed by atoms with Gasteiger partial charge in [-0.1, -0.05) is 41.9 Å². The molecule has 3 N–H and O–H groups in total. The molecule has 0 saturated carbocycles. The van der Waals surface area contributed by atoms with Gasteiger partial charge in [-0.15, -0.1) is 0 Å². The van der Waals surface area contributed by atoms with Crippen molar-refractivity contribution in [3.05, 3.63) is 0 Å². The topological polar surface area (TPSA) is 98.5 Å². The van der Waals surface area contributed by atoms with Crippen molar-refractivity contribution >= 4 is 39.5 Å². The van der Waals surface area contributed by atoms with E-state index in [1.165, 1.54) is 12.2 Å². The molecule has 0 aromatic heterocycles. The number of nitrogens with one attached hydrogen (secondary N) is 1. The normalized spacial score (nSPS) is 19.0. The lowest BCUT2D eigenvalue weighted by Gasteiger charge is -2.19. The van der Waals surface area contributed by atoms with Gasteiger partial charge < -0.3 is 10.5 Å². The molecule has 2 atom stereocenters. The zero-order valence-corrected chi connectivity index (χ0v) is 14.6. The van der Waals surface area contributed by atoms with E-state index in [0.29, 0.717) is 5.25 Å². The van der Waals surface area contributed by atoms with Crippen LogP contribution in [0.4, 0.5) is 4.79 Å². The molecule has 8 heteroatoms. The third kappa shape index (κ3) is 7.40. The molecule has 1 fully saturated rings. The number of primary amides is 1. The second-order valence-corrected chi connectivity index (χ2v) is 8.37. The molecule has 0 unspecified atom stereocenters. The molecular weight excluding hydrogens is 324 g/mol. The van der Waals surface area contributed by atoms with Crippen LogP contribution in [-0.4, -0.2) is 35.0 Å². The number of esters is 1. The zero-order valence-electron chi connectivity index (χ0n) is 13.0. The Balaban J connectivity index is 2.27. The van der Waals surface area contributed by atoms with Gasteiger partial charge in [0.25, 0.3) is 5.91 Å². The van der Waals surface area contributed by atoms with E-state index in [9.17, 15) is 14.4 Å². The van der Waals surface area contributed by atoms with E-state index in [1.807, 2.05) is 26.9 Å². The average Bonchev–Trinajstić information content (AvgIpc) is 2.93. The van der Waals surface area contributed by atoms with Crippen LogP contribution in [-0.2, 0) is 14.3 Å². The summed E-state index contributed by atoms with van der Waals surface area (Å²) in [6.45, 7) is 3.49. The van der Waals surface area contributed by atoms with Gasteiger partial charge >= 0.3 is 12.0 Å². The Morgan fingerprint density at radius 2 is 2.05 bits per heavy atom. The minimum absolute atomic E-state index is 0.227. The maximum atomic E-state index is 11.8. The van der Waals surface area contributed by atoms with E-state index in [4.69, 9.17) is 10.5 Å². The fraction of sp³-hybridized carbons (Fsp3) is 0.786. The van der Waals surface area contributed by atoms with Gasteiger partial charge in [0.1, 0.15) is 0 Å². The second-order valence-electron chi connectivity index (χ2n) is 5.58.